The molecule has 0 aliphatic rings. The number of imidazole rings is 1. The van der Waals surface area contributed by atoms with Gasteiger partial charge < -0.3 is 9.73 Å². The molecule has 0 unspecified atom stereocenters. The van der Waals surface area contributed by atoms with Gasteiger partial charge in [0.1, 0.15) is 5.58 Å². The second kappa shape index (κ2) is 7.19. The highest BCUT2D eigenvalue weighted by Crippen LogP contribution is 2.18. The van der Waals surface area contributed by atoms with Gasteiger partial charge in [0.2, 0.25) is 5.91 Å². The van der Waals surface area contributed by atoms with Gasteiger partial charge in [-0.05, 0) is 43.3 Å². The lowest BCUT2D eigenvalue weighted by Crippen LogP contribution is -2.25. The first-order chi connectivity index (χ1) is 13.6. The van der Waals surface area contributed by atoms with Crippen LogP contribution in [0.5, 0.6) is 0 Å². The van der Waals surface area contributed by atoms with Crippen molar-refractivity contribution in [1.29, 1.82) is 0 Å². The second-order valence-corrected chi connectivity index (χ2v) is 6.47. The number of nitrogens with zero attached hydrogens (tertiary/aromatic N) is 2. The molecule has 2 aromatic heterocycles. The van der Waals surface area contributed by atoms with E-state index in [1.807, 2.05) is 31.2 Å². The summed E-state index contributed by atoms with van der Waals surface area (Å²) in [6, 6.07) is 15.6. The Hall–Kier alpha value is -3.61. The number of hydrogen-bond donors (Lipinski definition) is 1. The molecule has 0 saturated heterocycles. The zero-order valence-corrected chi connectivity index (χ0v) is 15.3. The predicted molar refractivity (Wildman–Crippen MR) is 108 cm³/mol. The van der Waals surface area contributed by atoms with Crippen LogP contribution >= 0.6 is 0 Å². The average Bonchev–Trinajstić information content (AvgIpc) is 2.97. The predicted octanol–water partition coefficient (Wildman–Crippen LogP) is 2.96. The summed E-state index contributed by atoms with van der Waals surface area (Å²) in [5, 5.41) is 3.55. The number of carbonyl (C=O) groups excluding carboxylic acids is 1. The van der Waals surface area contributed by atoms with Crippen LogP contribution in [-0.2, 0) is 17.9 Å². The summed E-state index contributed by atoms with van der Waals surface area (Å²) in [7, 11) is 0. The number of aryl methyl sites for hydroxylation is 2. The van der Waals surface area contributed by atoms with Crippen LogP contribution in [0.1, 0.15) is 13.3 Å². The van der Waals surface area contributed by atoms with E-state index in [0.717, 1.165) is 16.4 Å². The zero-order chi connectivity index (χ0) is 19.7. The van der Waals surface area contributed by atoms with E-state index in [9.17, 15) is 14.4 Å². The van der Waals surface area contributed by atoms with Gasteiger partial charge in [0, 0.05) is 36.7 Å². The molecule has 4 aromatic rings. The lowest BCUT2D eigenvalue weighted by atomic mass is 10.2. The van der Waals surface area contributed by atoms with Gasteiger partial charge in [-0.25, -0.2) is 9.59 Å². The summed E-state index contributed by atoms with van der Waals surface area (Å²) in [6.07, 6.45) is 0.166. The average molecular weight is 377 g/mol. The number of para-hydroxylation sites is 2. The SMILES string of the molecule is CCn1c(=O)n(CCC(=O)Nc2ccc3oc(=O)ccc3c2)c2ccccc21. The first-order valence-corrected chi connectivity index (χ1v) is 9.08. The number of hydrogen-bond acceptors (Lipinski definition) is 4. The second-order valence-electron chi connectivity index (χ2n) is 6.47. The van der Waals surface area contributed by atoms with E-state index in [2.05, 4.69) is 5.32 Å². The first kappa shape index (κ1) is 17.8. The van der Waals surface area contributed by atoms with Crippen molar-refractivity contribution in [3.05, 3.63) is 75.5 Å². The minimum atomic E-state index is -0.416. The molecular formula is C21H19N3O4. The van der Waals surface area contributed by atoms with E-state index >= 15 is 0 Å². The summed E-state index contributed by atoms with van der Waals surface area (Å²) in [5.41, 5.74) is 2.23. The van der Waals surface area contributed by atoms with E-state index in [0.29, 0.717) is 24.4 Å². The van der Waals surface area contributed by atoms with Crippen LogP contribution in [0.3, 0.4) is 0 Å². The molecule has 4 rings (SSSR count). The molecule has 0 fully saturated rings. The fourth-order valence-electron chi connectivity index (χ4n) is 3.38. The van der Waals surface area contributed by atoms with Gasteiger partial charge in [-0.3, -0.25) is 13.9 Å². The molecular weight excluding hydrogens is 358 g/mol. The molecule has 0 radical (unpaired) electrons. The lowest BCUT2D eigenvalue weighted by molar-refractivity contribution is -0.116. The van der Waals surface area contributed by atoms with E-state index in [-0.39, 0.29) is 18.0 Å². The van der Waals surface area contributed by atoms with E-state index in [1.54, 1.807) is 33.4 Å². The molecule has 0 aliphatic carbocycles. The van der Waals surface area contributed by atoms with Gasteiger partial charge in [0.05, 0.1) is 11.0 Å². The maximum Gasteiger partial charge on any atom is 0.336 e. The lowest BCUT2D eigenvalue weighted by Gasteiger charge is -2.07. The van der Waals surface area contributed by atoms with Crippen molar-refractivity contribution in [1.82, 2.24) is 9.13 Å². The highest BCUT2D eigenvalue weighted by atomic mass is 16.4. The topological polar surface area (TPSA) is 86.2 Å². The maximum atomic E-state index is 12.6. The van der Waals surface area contributed by atoms with Crippen LogP contribution in [-0.4, -0.2) is 15.0 Å². The van der Waals surface area contributed by atoms with E-state index in [4.69, 9.17) is 4.42 Å². The Morgan fingerprint density at radius 3 is 2.50 bits per heavy atom. The summed E-state index contributed by atoms with van der Waals surface area (Å²) in [5.74, 6) is -0.197. The van der Waals surface area contributed by atoms with Gasteiger partial charge in [0.25, 0.3) is 0 Å². The van der Waals surface area contributed by atoms with Crippen molar-refractivity contribution in [2.24, 2.45) is 0 Å². The standard InChI is InChI=1S/C21H19N3O4/c1-2-23-16-5-3-4-6-17(16)24(21(23)27)12-11-19(25)22-15-8-9-18-14(13-15)7-10-20(26)28-18/h3-10,13H,2,11-12H2,1H3,(H,22,25). The molecule has 142 valence electrons. The van der Waals surface area contributed by atoms with Crippen LogP contribution in [0.2, 0.25) is 0 Å². The maximum absolute atomic E-state index is 12.6. The Kier molecular flexibility index (Phi) is 4.57. The fraction of sp³-hybridized carbons (Fsp3) is 0.190. The van der Waals surface area contributed by atoms with Crippen molar-refractivity contribution >= 4 is 33.6 Å². The number of carbonyl (C=O) groups is 1. The molecule has 1 amide bonds. The third-order valence-electron chi connectivity index (χ3n) is 4.71. The van der Waals surface area contributed by atoms with Crippen molar-refractivity contribution in [2.45, 2.75) is 26.4 Å². The number of aromatic nitrogens is 2. The Balaban J connectivity index is 1.52. The minimum Gasteiger partial charge on any atom is -0.423 e. The Bertz CT molecular complexity index is 1300. The highest BCUT2D eigenvalue weighted by molar-refractivity contribution is 5.93. The molecule has 0 saturated carbocycles. The smallest absolute Gasteiger partial charge is 0.336 e. The Morgan fingerprint density at radius 1 is 1.00 bits per heavy atom. The molecule has 1 N–H and O–H groups in total. The molecule has 0 spiro atoms. The number of nitrogens with one attached hydrogen (secondary N) is 1. The van der Waals surface area contributed by atoms with Crippen LogP contribution in [0.25, 0.3) is 22.0 Å². The van der Waals surface area contributed by atoms with Crippen LogP contribution in [0, 0.1) is 0 Å². The molecule has 2 heterocycles. The first-order valence-electron chi connectivity index (χ1n) is 9.08. The summed E-state index contributed by atoms with van der Waals surface area (Å²) < 4.78 is 8.42. The van der Waals surface area contributed by atoms with Gasteiger partial charge >= 0.3 is 11.3 Å². The van der Waals surface area contributed by atoms with Crippen molar-refractivity contribution < 1.29 is 9.21 Å². The summed E-state index contributed by atoms with van der Waals surface area (Å²) >= 11 is 0. The number of fused-ring (bicyclic) bond motifs is 2. The molecule has 0 aliphatic heterocycles. The normalized spacial score (nSPS) is 11.2. The number of rotatable bonds is 5. The van der Waals surface area contributed by atoms with Gasteiger partial charge in [-0.1, -0.05) is 12.1 Å². The van der Waals surface area contributed by atoms with Crippen LogP contribution in [0.15, 0.2) is 68.6 Å². The Morgan fingerprint density at radius 2 is 1.75 bits per heavy atom. The fourth-order valence-corrected chi connectivity index (χ4v) is 3.38. The monoisotopic (exact) mass is 377 g/mol. The summed E-state index contributed by atoms with van der Waals surface area (Å²) in [6.45, 7) is 2.79. The van der Waals surface area contributed by atoms with E-state index in [1.165, 1.54) is 6.07 Å². The largest absolute Gasteiger partial charge is 0.423 e. The molecule has 2 aromatic carbocycles. The Labute approximate surface area is 159 Å². The number of benzene rings is 2. The molecule has 7 nitrogen and oxygen atoms in total. The van der Waals surface area contributed by atoms with Gasteiger partial charge in [-0.2, -0.15) is 0 Å². The van der Waals surface area contributed by atoms with Gasteiger partial charge in [0.15, 0.2) is 0 Å². The third-order valence-corrected chi connectivity index (χ3v) is 4.71. The van der Waals surface area contributed by atoms with E-state index < -0.39 is 5.63 Å². The number of amides is 1. The summed E-state index contributed by atoms with van der Waals surface area (Å²) in [4.78, 5) is 36.3. The quantitative estimate of drug-likeness (QED) is 0.542. The molecule has 28 heavy (non-hydrogen) atoms. The van der Waals surface area contributed by atoms with Crippen LogP contribution in [0.4, 0.5) is 5.69 Å². The van der Waals surface area contributed by atoms with Crippen molar-refractivity contribution in [2.75, 3.05) is 5.32 Å². The van der Waals surface area contributed by atoms with Gasteiger partial charge in [-0.15, -0.1) is 0 Å². The number of anilines is 1. The minimum absolute atomic E-state index is 0.114. The van der Waals surface area contributed by atoms with Crippen molar-refractivity contribution in [3.8, 4) is 0 Å². The molecule has 0 atom stereocenters. The third kappa shape index (κ3) is 3.22. The van der Waals surface area contributed by atoms with Crippen LogP contribution < -0.4 is 16.6 Å². The highest BCUT2D eigenvalue weighted by Gasteiger charge is 2.13. The molecule has 7 heteroatoms. The van der Waals surface area contributed by atoms with Crippen molar-refractivity contribution in [3.63, 3.8) is 0 Å². The zero-order valence-electron chi connectivity index (χ0n) is 15.3. The molecule has 0 bridgehead atoms.